The van der Waals surface area contributed by atoms with Crippen molar-refractivity contribution in [3.05, 3.63) is 101 Å². The fourth-order valence-electron chi connectivity index (χ4n) is 5.05. The molecule has 1 heterocycles. The molecule has 0 radical (unpaired) electrons. The SMILES string of the molecule is CCOc1ccc(C2CC(=O)C3=C(C2)Nc2ccccc2NC3c2ccc(C(C)C)cc2)cc1. The molecule has 0 saturated carbocycles. The first-order chi connectivity index (χ1) is 16.5. The Morgan fingerprint density at radius 3 is 2.24 bits per heavy atom. The predicted molar refractivity (Wildman–Crippen MR) is 139 cm³/mol. The lowest BCUT2D eigenvalue weighted by Crippen LogP contribution is -2.26. The van der Waals surface area contributed by atoms with Gasteiger partial charge in [-0.15, -0.1) is 0 Å². The van der Waals surface area contributed by atoms with Crippen molar-refractivity contribution in [1.82, 2.24) is 0 Å². The van der Waals surface area contributed by atoms with Crippen LogP contribution in [0.2, 0.25) is 0 Å². The molecular formula is C30H32N2O2. The van der Waals surface area contributed by atoms with Crippen LogP contribution >= 0.6 is 0 Å². The first kappa shape index (κ1) is 22.3. The number of carbonyl (C=O) groups excluding carboxylic acids is 1. The second-order valence-electron chi connectivity index (χ2n) is 9.49. The van der Waals surface area contributed by atoms with Crippen LogP contribution in [0.4, 0.5) is 11.4 Å². The maximum Gasteiger partial charge on any atom is 0.163 e. The molecule has 34 heavy (non-hydrogen) atoms. The number of hydrogen-bond acceptors (Lipinski definition) is 4. The molecule has 0 fully saturated rings. The third-order valence-electron chi connectivity index (χ3n) is 6.91. The van der Waals surface area contributed by atoms with Gasteiger partial charge in [0.2, 0.25) is 0 Å². The van der Waals surface area contributed by atoms with Crippen molar-refractivity contribution in [2.75, 3.05) is 17.2 Å². The van der Waals surface area contributed by atoms with Crippen LogP contribution in [0.5, 0.6) is 5.75 Å². The summed E-state index contributed by atoms with van der Waals surface area (Å²) < 4.78 is 5.60. The summed E-state index contributed by atoms with van der Waals surface area (Å²) in [4.78, 5) is 13.7. The Balaban J connectivity index is 1.53. The van der Waals surface area contributed by atoms with E-state index in [0.717, 1.165) is 40.4 Å². The third-order valence-corrected chi connectivity index (χ3v) is 6.91. The number of hydrogen-bond donors (Lipinski definition) is 2. The molecule has 4 nitrogen and oxygen atoms in total. The molecule has 0 bridgehead atoms. The van der Waals surface area contributed by atoms with Crippen molar-refractivity contribution in [2.24, 2.45) is 0 Å². The average molecular weight is 453 g/mol. The van der Waals surface area contributed by atoms with Gasteiger partial charge in [0.25, 0.3) is 0 Å². The van der Waals surface area contributed by atoms with Crippen molar-refractivity contribution in [1.29, 1.82) is 0 Å². The summed E-state index contributed by atoms with van der Waals surface area (Å²) >= 11 is 0. The van der Waals surface area contributed by atoms with Crippen LogP contribution in [0.25, 0.3) is 0 Å². The lowest BCUT2D eigenvalue weighted by Gasteiger charge is -2.30. The number of para-hydroxylation sites is 2. The molecule has 2 atom stereocenters. The highest BCUT2D eigenvalue weighted by atomic mass is 16.5. The highest BCUT2D eigenvalue weighted by Gasteiger charge is 2.36. The zero-order valence-electron chi connectivity index (χ0n) is 20.1. The Morgan fingerprint density at radius 1 is 0.882 bits per heavy atom. The summed E-state index contributed by atoms with van der Waals surface area (Å²) in [6, 6.07) is 24.9. The van der Waals surface area contributed by atoms with Gasteiger partial charge in [-0.2, -0.15) is 0 Å². The number of anilines is 2. The van der Waals surface area contributed by atoms with E-state index in [1.54, 1.807) is 0 Å². The van der Waals surface area contributed by atoms with E-state index in [4.69, 9.17) is 4.74 Å². The average Bonchev–Trinajstić information content (AvgIpc) is 3.02. The monoisotopic (exact) mass is 452 g/mol. The number of carbonyl (C=O) groups is 1. The molecule has 2 aliphatic rings. The van der Waals surface area contributed by atoms with Crippen LogP contribution in [0.15, 0.2) is 84.1 Å². The highest BCUT2D eigenvalue weighted by Crippen LogP contribution is 2.44. The summed E-state index contributed by atoms with van der Waals surface area (Å²) in [6.07, 6.45) is 1.30. The van der Waals surface area contributed by atoms with Gasteiger partial charge in [0.05, 0.1) is 24.0 Å². The molecule has 0 saturated heterocycles. The standard InChI is InChI=1S/C30H32N2O2/c1-4-34-24-15-13-21(14-16-24)23-17-27-29(28(33)18-23)30(22-11-9-20(10-12-22)19(2)3)32-26-8-6-5-7-25(26)31-27/h5-16,19,23,30-32H,4,17-18H2,1-3H3. The molecule has 2 N–H and O–H groups in total. The molecule has 174 valence electrons. The van der Waals surface area contributed by atoms with Gasteiger partial charge in [0.15, 0.2) is 5.78 Å². The van der Waals surface area contributed by atoms with Crippen LogP contribution in [0.1, 0.15) is 68.2 Å². The summed E-state index contributed by atoms with van der Waals surface area (Å²) in [7, 11) is 0. The van der Waals surface area contributed by atoms with Gasteiger partial charge >= 0.3 is 0 Å². The van der Waals surface area contributed by atoms with E-state index in [1.807, 2.05) is 31.2 Å². The van der Waals surface area contributed by atoms with E-state index in [9.17, 15) is 4.79 Å². The minimum atomic E-state index is -0.179. The van der Waals surface area contributed by atoms with Gasteiger partial charge in [-0.05, 0) is 66.1 Å². The number of ether oxygens (including phenoxy) is 1. The second kappa shape index (κ2) is 9.38. The van der Waals surface area contributed by atoms with Crippen LogP contribution in [-0.2, 0) is 4.79 Å². The minimum Gasteiger partial charge on any atom is -0.494 e. The summed E-state index contributed by atoms with van der Waals surface area (Å²) in [6.45, 7) is 7.03. The quantitative estimate of drug-likeness (QED) is 0.430. The van der Waals surface area contributed by atoms with Crippen LogP contribution in [-0.4, -0.2) is 12.4 Å². The van der Waals surface area contributed by atoms with Gasteiger partial charge in [-0.3, -0.25) is 4.79 Å². The van der Waals surface area contributed by atoms with Gasteiger partial charge in [0.1, 0.15) is 5.75 Å². The van der Waals surface area contributed by atoms with E-state index in [1.165, 1.54) is 11.1 Å². The lowest BCUT2D eigenvalue weighted by molar-refractivity contribution is -0.116. The summed E-state index contributed by atoms with van der Waals surface area (Å²) in [5, 5.41) is 7.30. The Hall–Kier alpha value is -3.53. The van der Waals surface area contributed by atoms with Crippen molar-refractivity contribution in [3.63, 3.8) is 0 Å². The molecule has 1 aliphatic carbocycles. The molecule has 4 heteroatoms. The summed E-state index contributed by atoms with van der Waals surface area (Å²) in [5.74, 6) is 1.68. The fourth-order valence-corrected chi connectivity index (χ4v) is 5.05. The van der Waals surface area contributed by atoms with E-state index in [0.29, 0.717) is 18.9 Å². The van der Waals surface area contributed by atoms with Gasteiger partial charge in [-0.1, -0.05) is 62.4 Å². The van der Waals surface area contributed by atoms with E-state index in [-0.39, 0.29) is 17.7 Å². The second-order valence-corrected chi connectivity index (χ2v) is 9.49. The van der Waals surface area contributed by atoms with Crippen molar-refractivity contribution >= 4 is 17.2 Å². The molecule has 5 rings (SSSR count). The number of allylic oxidation sites excluding steroid dienone is 1. The maximum atomic E-state index is 13.7. The van der Waals surface area contributed by atoms with Crippen LogP contribution in [0.3, 0.4) is 0 Å². The Labute approximate surface area is 202 Å². The fraction of sp³-hybridized carbons (Fsp3) is 0.300. The predicted octanol–water partition coefficient (Wildman–Crippen LogP) is 7.19. The maximum absolute atomic E-state index is 13.7. The van der Waals surface area contributed by atoms with Crippen LogP contribution in [0, 0.1) is 0 Å². The Kier molecular flexibility index (Phi) is 6.14. The molecule has 3 aromatic rings. The number of benzene rings is 3. The van der Waals surface area contributed by atoms with E-state index < -0.39 is 0 Å². The topological polar surface area (TPSA) is 50.4 Å². The third kappa shape index (κ3) is 4.33. The summed E-state index contributed by atoms with van der Waals surface area (Å²) in [5.41, 5.74) is 7.49. The molecule has 0 spiro atoms. The number of Topliss-reactive ketones (excluding diaryl/α,β-unsaturated/α-hetero) is 1. The number of rotatable bonds is 5. The first-order valence-corrected chi connectivity index (χ1v) is 12.2. The van der Waals surface area contributed by atoms with Gasteiger partial charge in [-0.25, -0.2) is 0 Å². The molecule has 2 unspecified atom stereocenters. The minimum absolute atomic E-state index is 0.142. The van der Waals surface area contributed by atoms with Crippen molar-refractivity contribution < 1.29 is 9.53 Å². The molecular weight excluding hydrogens is 420 g/mol. The zero-order valence-corrected chi connectivity index (χ0v) is 20.1. The molecule has 3 aromatic carbocycles. The van der Waals surface area contributed by atoms with E-state index >= 15 is 0 Å². The van der Waals surface area contributed by atoms with Crippen molar-refractivity contribution in [2.45, 2.75) is 51.5 Å². The number of fused-ring (bicyclic) bond motifs is 1. The number of nitrogens with one attached hydrogen (secondary N) is 2. The Morgan fingerprint density at radius 2 is 1.56 bits per heavy atom. The molecule has 0 aromatic heterocycles. The van der Waals surface area contributed by atoms with Gasteiger partial charge in [0, 0.05) is 17.7 Å². The highest BCUT2D eigenvalue weighted by molar-refractivity contribution is 6.01. The smallest absolute Gasteiger partial charge is 0.163 e. The lowest BCUT2D eigenvalue weighted by atomic mass is 9.78. The largest absolute Gasteiger partial charge is 0.494 e. The normalized spacial score (nSPS) is 19.6. The molecule has 1 aliphatic heterocycles. The molecule has 0 amide bonds. The Bertz CT molecular complexity index is 1210. The first-order valence-electron chi connectivity index (χ1n) is 12.2. The van der Waals surface area contributed by atoms with Gasteiger partial charge < -0.3 is 15.4 Å². The zero-order chi connectivity index (χ0) is 23.7. The van der Waals surface area contributed by atoms with E-state index in [2.05, 4.69) is 73.0 Å². The van der Waals surface area contributed by atoms with Crippen LogP contribution < -0.4 is 15.4 Å². The number of ketones is 1. The van der Waals surface area contributed by atoms with Crippen molar-refractivity contribution in [3.8, 4) is 5.75 Å².